The molecule has 1 unspecified atom stereocenters. The summed E-state index contributed by atoms with van der Waals surface area (Å²) in [6, 6.07) is 2.00. The molecule has 0 fully saturated rings. The van der Waals surface area contributed by atoms with Crippen LogP contribution in [0, 0.1) is 25.2 Å². The monoisotopic (exact) mass is 251 g/mol. The van der Waals surface area contributed by atoms with Gasteiger partial charge in [0.05, 0.1) is 5.56 Å². The molecule has 1 rings (SSSR count). The molecule has 1 atom stereocenters. The molecule has 1 heterocycles. The average molecular weight is 251 g/mol. The summed E-state index contributed by atoms with van der Waals surface area (Å²) >= 11 is 1.43. The lowest BCUT2D eigenvalue weighted by Crippen LogP contribution is -2.26. The SMILES string of the molecule is CCC(N)CC(=O)Nc1sc(C)c(C)c1C#N. The van der Waals surface area contributed by atoms with Gasteiger partial charge in [0.25, 0.3) is 0 Å². The summed E-state index contributed by atoms with van der Waals surface area (Å²) in [6.07, 6.45) is 1.05. The minimum atomic E-state index is -0.128. The van der Waals surface area contributed by atoms with E-state index in [9.17, 15) is 4.79 Å². The van der Waals surface area contributed by atoms with Crippen LogP contribution in [0.5, 0.6) is 0 Å². The Labute approximate surface area is 105 Å². The molecule has 0 saturated carbocycles. The molecule has 1 aromatic rings. The van der Waals surface area contributed by atoms with Gasteiger partial charge < -0.3 is 11.1 Å². The summed E-state index contributed by atoms with van der Waals surface area (Å²) in [5, 5.41) is 12.4. The molecule has 17 heavy (non-hydrogen) atoms. The minimum absolute atomic E-state index is 0.123. The number of nitrogens with zero attached hydrogens (tertiary/aromatic N) is 1. The van der Waals surface area contributed by atoms with E-state index in [1.807, 2.05) is 20.8 Å². The summed E-state index contributed by atoms with van der Waals surface area (Å²) in [7, 11) is 0. The van der Waals surface area contributed by atoms with Crippen molar-refractivity contribution in [3.05, 3.63) is 16.0 Å². The van der Waals surface area contributed by atoms with Gasteiger partial charge >= 0.3 is 0 Å². The Morgan fingerprint density at radius 3 is 2.76 bits per heavy atom. The highest BCUT2D eigenvalue weighted by molar-refractivity contribution is 7.16. The predicted molar refractivity (Wildman–Crippen MR) is 70.0 cm³/mol. The number of thiophene rings is 1. The van der Waals surface area contributed by atoms with Crippen molar-refractivity contribution in [2.45, 2.75) is 39.7 Å². The first-order valence-corrected chi connectivity index (χ1v) is 6.36. The van der Waals surface area contributed by atoms with Crippen molar-refractivity contribution in [1.82, 2.24) is 0 Å². The third kappa shape index (κ3) is 3.29. The van der Waals surface area contributed by atoms with Crippen molar-refractivity contribution < 1.29 is 4.79 Å². The second kappa shape index (κ2) is 5.80. The Bertz CT molecular complexity index is 459. The molecule has 0 spiro atoms. The quantitative estimate of drug-likeness (QED) is 0.861. The molecule has 5 heteroatoms. The second-order valence-corrected chi connectivity index (χ2v) is 5.24. The molecule has 1 aromatic heterocycles. The number of nitrogens with two attached hydrogens (primary N) is 1. The summed E-state index contributed by atoms with van der Waals surface area (Å²) in [4.78, 5) is 12.7. The zero-order valence-corrected chi connectivity index (χ0v) is 11.1. The van der Waals surface area contributed by atoms with Crippen LogP contribution in [-0.2, 0) is 4.79 Å². The fraction of sp³-hybridized carbons (Fsp3) is 0.500. The van der Waals surface area contributed by atoms with Crippen molar-refractivity contribution in [3.8, 4) is 6.07 Å². The van der Waals surface area contributed by atoms with Crippen LogP contribution in [0.1, 0.15) is 35.8 Å². The molecule has 0 aliphatic carbocycles. The van der Waals surface area contributed by atoms with Crippen LogP contribution in [0.2, 0.25) is 0 Å². The van der Waals surface area contributed by atoms with Gasteiger partial charge in [0.2, 0.25) is 5.91 Å². The maximum atomic E-state index is 11.7. The average Bonchev–Trinajstić information content (AvgIpc) is 2.53. The van der Waals surface area contributed by atoms with E-state index in [4.69, 9.17) is 11.0 Å². The number of hydrogen-bond acceptors (Lipinski definition) is 4. The lowest BCUT2D eigenvalue weighted by molar-refractivity contribution is -0.116. The molecule has 92 valence electrons. The topological polar surface area (TPSA) is 78.9 Å². The molecule has 1 amide bonds. The van der Waals surface area contributed by atoms with Gasteiger partial charge in [-0.05, 0) is 25.8 Å². The molecule has 0 bridgehead atoms. The number of amides is 1. The van der Waals surface area contributed by atoms with Crippen molar-refractivity contribution >= 4 is 22.2 Å². The third-order valence-electron chi connectivity index (χ3n) is 2.72. The van der Waals surface area contributed by atoms with Gasteiger partial charge in [-0.25, -0.2) is 0 Å². The molecule has 0 radical (unpaired) electrons. The van der Waals surface area contributed by atoms with Gasteiger partial charge in [-0.2, -0.15) is 5.26 Å². The lowest BCUT2D eigenvalue weighted by Gasteiger charge is -2.08. The fourth-order valence-corrected chi connectivity index (χ4v) is 2.44. The maximum absolute atomic E-state index is 11.7. The highest BCUT2D eigenvalue weighted by Gasteiger charge is 2.15. The Morgan fingerprint density at radius 2 is 2.24 bits per heavy atom. The first-order chi connectivity index (χ1) is 7.99. The zero-order valence-electron chi connectivity index (χ0n) is 10.3. The molecule has 4 nitrogen and oxygen atoms in total. The molecule has 0 aromatic carbocycles. The van der Waals surface area contributed by atoms with Crippen LogP contribution >= 0.6 is 11.3 Å². The normalized spacial score (nSPS) is 11.9. The lowest BCUT2D eigenvalue weighted by atomic mass is 10.1. The molecule has 3 N–H and O–H groups in total. The van der Waals surface area contributed by atoms with Crippen LogP contribution in [0.15, 0.2) is 0 Å². The zero-order chi connectivity index (χ0) is 13.0. The largest absolute Gasteiger partial charge is 0.327 e. The van der Waals surface area contributed by atoms with Gasteiger partial charge in [-0.3, -0.25) is 4.79 Å². The number of nitriles is 1. The number of hydrogen-bond donors (Lipinski definition) is 2. The number of anilines is 1. The van der Waals surface area contributed by atoms with Gasteiger partial charge in [0.15, 0.2) is 0 Å². The van der Waals surface area contributed by atoms with E-state index in [-0.39, 0.29) is 18.4 Å². The number of carbonyl (C=O) groups excluding carboxylic acids is 1. The molecule has 0 aliphatic rings. The summed E-state index contributed by atoms with van der Waals surface area (Å²) in [5.74, 6) is -0.128. The van der Waals surface area contributed by atoms with E-state index < -0.39 is 0 Å². The molecule has 0 aliphatic heterocycles. The summed E-state index contributed by atoms with van der Waals surface area (Å²) in [5.41, 5.74) is 7.21. The highest BCUT2D eigenvalue weighted by atomic mass is 32.1. The smallest absolute Gasteiger partial charge is 0.226 e. The van der Waals surface area contributed by atoms with E-state index in [1.165, 1.54) is 11.3 Å². The number of nitrogens with one attached hydrogen (secondary N) is 1. The maximum Gasteiger partial charge on any atom is 0.226 e. The summed E-state index contributed by atoms with van der Waals surface area (Å²) in [6.45, 7) is 5.77. The van der Waals surface area contributed by atoms with E-state index in [2.05, 4.69) is 11.4 Å². The van der Waals surface area contributed by atoms with E-state index in [0.717, 1.165) is 16.9 Å². The number of aryl methyl sites for hydroxylation is 1. The van der Waals surface area contributed by atoms with Crippen LogP contribution in [0.4, 0.5) is 5.00 Å². The van der Waals surface area contributed by atoms with E-state index >= 15 is 0 Å². The Hall–Kier alpha value is -1.38. The minimum Gasteiger partial charge on any atom is -0.327 e. The van der Waals surface area contributed by atoms with E-state index in [1.54, 1.807) is 0 Å². The van der Waals surface area contributed by atoms with Crippen LogP contribution in [0.3, 0.4) is 0 Å². The first-order valence-electron chi connectivity index (χ1n) is 5.55. The Morgan fingerprint density at radius 1 is 1.59 bits per heavy atom. The van der Waals surface area contributed by atoms with Gasteiger partial charge in [-0.15, -0.1) is 11.3 Å². The van der Waals surface area contributed by atoms with Gasteiger partial charge in [0, 0.05) is 17.3 Å². The van der Waals surface area contributed by atoms with Gasteiger partial charge in [-0.1, -0.05) is 6.92 Å². The number of rotatable bonds is 4. The Kier molecular flexibility index (Phi) is 4.67. The van der Waals surface area contributed by atoms with Crippen molar-refractivity contribution in [2.24, 2.45) is 5.73 Å². The predicted octanol–water partition coefficient (Wildman–Crippen LogP) is 2.30. The third-order valence-corrected chi connectivity index (χ3v) is 3.84. The first kappa shape index (κ1) is 13.7. The van der Waals surface area contributed by atoms with Crippen LogP contribution in [-0.4, -0.2) is 11.9 Å². The van der Waals surface area contributed by atoms with E-state index in [0.29, 0.717) is 10.6 Å². The van der Waals surface area contributed by atoms with Crippen LogP contribution in [0.25, 0.3) is 0 Å². The van der Waals surface area contributed by atoms with Crippen molar-refractivity contribution in [3.63, 3.8) is 0 Å². The molecular weight excluding hydrogens is 234 g/mol. The highest BCUT2D eigenvalue weighted by Crippen LogP contribution is 2.31. The fourth-order valence-electron chi connectivity index (χ4n) is 1.41. The summed E-state index contributed by atoms with van der Waals surface area (Å²) < 4.78 is 0. The second-order valence-electron chi connectivity index (χ2n) is 4.02. The standard InChI is InChI=1S/C12H17N3OS/c1-4-9(14)5-11(16)15-12-10(6-13)7(2)8(3)17-12/h9H,4-5,14H2,1-3H3,(H,15,16). The number of carbonyl (C=O) groups is 1. The molecule has 0 saturated heterocycles. The Balaban J connectivity index is 2.79. The van der Waals surface area contributed by atoms with Crippen molar-refractivity contribution in [2.75, 3.05) is 5.32 Å². The molecular formula is C12H17N3OS. The van der Waals surface area contributed by atoms with Crippen molar-refractivity contribution in [1.29, 1.82) is 5.26 Å². The van der Waals surface area contributed by atoms with Gasteiger partial charge in [0.1, 0.15) is 11.1 Å². The van der Waals surface area contributed by atoms with Crippen LogP contribution < -0.4 is 11.1 Å².